The van der Waals surface area contributed by atoms with Gasteiger partial charge in [0.1, 0.15) is 5.02 Å². The van der Waals surface area contributed by atoms with Crippen LogP contribution < -0.4 is 5.32 Å². The third kappa shape index (κ3) is 3.14. The van der Waals surface area contributed by atoms with E-state index in [-0.39, 0.29) is 40.6 Å². The van der Waals surface area contributed by atoms with Crippen molar-refractivity contribution < 1.29 is 23.2 Å². The molecule has 24 heavy (non-hydrogen) atoms. The fraction of sp³-hybridized carbons (Fsp3) is 0.375. The highest BCUT2D eigenvalue weighted by molar-refractivity contribution is 6.35. The van der Waals surface area contributed by atoms with Crippen LogP contribution in [0.15, 0.2) is 22.7 Å². The van der Waals surface area contributed by atoms with Crippen molar-refractivity contribution in [3.05, 3.63) is 40.6 Å². The third-order valence-corrected chi connectivity index (χ3v) is 4.59. The number of aliphatic hydroxyl groups excluding tert-OH is 1. The molecule has 1 fully saturated rings. The van der Waals surface area contributed by atoms with Crippen LogP contribution in [0, 0.1) is 17.6 Å². The van der Waals surface area contributed by atoms with Gasteiger partial charge in [0.2, 0.25) is 0 Å². The average Bonchev–Trinajstić information content (AvgIpc) is 3.16. The lowest BCUT2D eigenvalue weighted by Crippen LogP contribution is -2.38. The van der Waals surface area contributed by atoms with Gasteiger partial charge in [-0.1, -0.05) is 23.2 Å². The van der Waals surface area contributed by atoms with Crippen molar-refractivity contribution in [2.24, 2.45) is 5.92 Å². The van der Waals surface area contributed by atoms with E-state index in [4.69, 9.17) is 16.1 Å². The van der Waals surface area contributed by atoms with E-state index in [0.717, 1.165) is 31.4 Å². The van der Waals surface area contributed by atoms with E-state index < -0.39 is 17.5 Å². The van der Waals surface area contributed by atoms with E-state index in [0.29, 0.717) is 0 Å². The summed E-state index contributed by atoms with van der Waals surface area (Å²) in [6.45, 7) is -0.00238. The Morgan fingerprint density at radius 3 is 2.88 bits per heavy atom. The van der Waals surface area contributed by atoms with Gasteiger partial charge in [-0.2, -0.15) is 0 Å². The molecule has 1 aliphatic carbocycles. The quantitative estimate of drug-likeness (QED) is 0.882. The molecular weight excluding hydrogens is 342 g/mol. The van der Waals surface area contributed by atoms with E-state index in [9.17, 15) is 18.7 Å². The molecular formula is C16H15ClF2N2O3. The van der Waals surface area contributed by atoms with E-state index in [1.807, 2.05) is 0 Å². The highest BCUT2D eigenvalue weighted by atomic mass is 35.5. The number of nitrogens with zero attached hydrogens (tertiary/aromatic N) is 1. The maximum Gasteiger partial charge on any atom is 0.275 e. The van der Waals surface area contributed by atoms with Crippen molar-refractivity contribution in [1.82, 2.24) is 10.5 Å². The number of carbonyl (C=O) groups excluding carboxylic acids is 1. The molecule has 1 saturated carbocycles. The van der Waals surface area contributed by atoms with Gasteiger partial charge >= 0.3 is 0 Å². The number of rotatable bonds is 4. The van der Waals surface area contributed by atoms with E-state index in [1.165, 1.54) is 6.07 Å². The smallest absolute Gasteiger partial charge is 0.275 e. The van der Waals surface area contributed by atoms with Gasteiger partial charge in [0.05, 0.1) is 0 Å². The Morgan fingerprint density at radius 2 is 2.17 bits per heavy atom. The summed E-state index contributed by atoms with van der Waals surface area (Å²) in [6.07, 6.45) is 2.53. The monoisotopic (exact) mass is 356 g/mol. The fourth-order valence-corrected chi connectivity index (χ4v) is 3.18. The molecule has 8 heteroatoms. The van der Waals surface area contributed by atoms with Gasteiger partial charge in [0.15, 0.2) is 23.1 Å². The number of amides is 1. The molecule has 2 aromatic rings. The first-order valence-corrected chi connectivity index (χ1v) is 7.91. The fourth-order valence-electron chi connectivity index (χ4n) is 2.92. The minimum absolute atomic E-state index is 0.00238. The van der Waals surface area contributed by atoms with Crippen molar-refractivity contribution in [2.45, 2.75) is 25.3 Å². The highest BCUT2D eigenvalue weighted by Crippen LogP contribution is 2.32. The lowest BCUT2D eigenvalue weighted by molar-refractivity contribution is 0.0907. The summed E-state index contributed by atoms with van der Waals surface area (Å²) in [6, 6.07) is 2.99. The minimum Gasteiger partial charge on any atom is -0.396 e. The molecule has 1 aromatic carbocycles. The molecule has 3 rings (SSSR count). The Morgan fingerprint density at radius 1 is 1.38 bits per heavy atom. The van der Waals surface area contributed by atoms with Gasteiger partial charge in [0, 0.05) is 24.1 Å². The molecule has 2 atom stereocenters. The van der Waals surface area contributed by atoms with Crippen LogP contribution in [0.4, 0.5) is 8.78 Å². The number of carbonyl (C=O) groups is 1. The number of hydrogen-bond donors (Lipinski definition) is 2. The largest absolute Gasteiger partial charge is 0.396 e. The van der Waals surface area contributed by atoms with Crippen LogP contribution in [0.2, 0.25) is 5.02 Å². The van der Waals surface area contributed by atoms with E-state index >= 15 is 0 Å². The first-order valence-electron chi connectivity index (χ1n) is 7.53. The molecule has 0 aliphatic heterocycles. The molecule has 5 nitrogen and oxygen atoms in total. The molecule has 1 amide bonds. The van der Waals surface area contributed by atoms with Crippen LogP contribution in [0.1, 0.15) is 29.8 Å². The number of hydrogen-bond acceptors (Lipinski definition) is 4. The third-order valence-electron chi connectivity index (χ3n) is 4.24. The van der Waals surface area contributed by atoms with Crippen LogP contribution in [0.5, 0.6) is 0 Å². The standard InChI is InChI=1S/C16H15ClF2N2O3/c17-13-14(16(23)20-12-3-1-2-9(12)7-22)21-24-15(13)8-4-5-10(18)11(19)6-8/h4-6,9,12,22H,1-3,7H2,(H,20,23)/t9-,12-/m1/s1. The molecule has 1 heterocycles. The van der Waals surface area contributed by atoms with Gasteiger partial charge in [-0.25, -0.2) is 8.78 Å². The number of aromatic nitrogens is 1. The van der Waals surface area contributed by atoms with E-state index in [1.54, 1.807) is 0 Å². The van der Waals surface area contributed by atoms with Gasteiger partial charge in [-0.05, 0) is 31.0 Å². The van der Waals surface area contributed by atoms with Crippen molar-refractivity contribution in [3.8, 4) is 11.3 Å². The summed E-state index contributed by atoms with van der Waals surface area (Å²) in [5.41, 5.74) is 0.0551. The zero-order valence-electron chi connectivity index (χ0n) is 12.6. The van der Waals surface area contributed by atoms with Crippen LogP contribution in [-0.2, 0) is 0 Å². The first kappa shape index (κ1) is 16.9. The van der Waals surface area contributed by atoms with Gasteiger partial charge in [0.25, 0.3) is 5.91 Å². The van der Waals surface area contributed by atoms with Crippen LogP contribution in [0.25, 0.3) is 11.3 Å². The molecule has 2 N–H and O–H groups in total. The minimum atomic E-state index is -1.05. The maximum atomic E-state index is 13.3. The molecule has 0 unspecified atom stereocenters. The Labute approximate surface area is 141 Å². The zero-order valence-corrected chi connectivity index (χ0v) is 13.3. The summed E-state index contributed by atoms with van der Waals surface area (Å²) in [7, 11) is 0. The van der Waals surface area contributed by atoms with Crippen LogP contribution >= 0.6 is 11.6 Å². The average molecular weight is 357 g/mol. The summed E-state index contributed by atoms with van der Waals surface area (Å²) in [4.78, 5) is 12.3. The Balaban J connectivity index is 1.81. The second kappa shape index (κ2) is 6.86. The van der Waals surface area contributed by atoms with Crippen molar-refractivity contribution in [3.63, 3.8) is 0 Å². The number of aliphatic hydroxyl groups is 1. The summed E-state index contributed by atoms with van der Waals surface area (Å²) >= 11 is 6.12. The molecule has 0 bridgehead atoms. The van der Waals surface area contributed by atoms with Gasteiger partial charge < -0.3 is 14.9 Å². The molecule has 1 aliphatic rings. The van der Waals surface area contributed by atoms with Crippen molar-refractivity contribution in [2.75, 3.05) is 6.61 Å². The topological polar surface area (TPSA) is 75.4 Å². The summed E-state index contributed by atoms with van der Waals surface area (Å²) in [5.74, 6) is -2.58. The van der Waals surface area contributed by atoms with E-state index in [2.05, 4.69) is 10.5 Å². The number of halogens is 3. The Kier molecular flexibility index (Phi) is 4.82. The predicted molar refractivity (Wildman–Crippen MR) is 82.5 cm³/mol. The second-order valence-electron chi connectivity index (χ2n) is 5.76. The first-order chi connectivity index (χ1) is 11.5. The SMILES string of the molecule is O=C(N[C@@H]1CCC[C@@H]1CO)c1noc(-c2ccc(F)c(F)c2)c1Cl. The number of benzene rings is 1. The number of nitrogens with one attached hydrogen (secondary N) is 1. The van der Waals surface area contributed by atoms with Crippen LogP contribution in [-0.4, -0.2) is 28.8 Å². The summed E-state index contributed by atoms with van der Waals surface area (Å²) in [5, 5.41) is 15.6. The molecule has 0 saturated heterocycles. The zero-order chi connectivity index (χ0) is 17.3. The predicted octanol–water partition coefficient (Wildman–Crippen LogP) is 3.16. The van der Waals surface area contributed by atoms with Gasteiger partial charge in [-0.15, -0.1) is 0 Å². The Hall–Kier alpha value is -1.99. The highest BCUT2D eigenvalue weighted by Gasteiger charge is 2.30. The maximum absolute atomic E-state index is 13.3. The van der Waals surface area contributed by atoms with Crippen molar-refractivity contribution in [1.29, 1.82) is 0 Å². The lowest BCUT2D eigenvalue weighted by Gasteiger charge is -2.18. The summed E-state index contributed by atoms with van der Waals surface area (Å²) < 4.78 is 31.4. The second-order valence-corrected chi connectivity index (χ2v) is 6.13. The van der Waals surface area contributed by atoms with Crippen LogP contribution in [0.3, 0.4) is 0 Å². The molecule has 128 valence electrons. The normalized spacial score (nSPS) is 20.3. The van der Waals surface area contributed by atoms with Crippen molar-refractivity contribution >= 4 is 17.5 Å². The molecule has 0 spiro atoms. The van der Waals surface area contributed by atoms with Gasteiger partial charge in [-0.3, -0.25) is 4.79 Å². The molecule has 0 radical (unpaired) electrons. The molecule has 1 aromatic heterocycles. The lowest BCUT2D eigenvalue weighted by atomic mass is 10.0. The Bertz CT molecular complexity index is 766.